The molecule has 0 radical (unpaired) electrons. The Morgan fingerprint density at radius 2 is 1.98 bits per heavy atom. The van der Waals surface area contributed by atoms with E-state index in [9.17, 15) is 9.59 Å². The summed E-state index contributed by atoms with van der Waals surface area (Å²) in [5.74, 6) is 1.47. The number of Topliss-reactive ketones (excluding diaryl/α,β-unsaturated/α-hetero) is 1. The number of allylic oxidation sites excluding steroid dienone is 1. The molecule has 3 heterocycles. The van der Waals surface area contributed by atoms with E-state index >= 15 is 0 Å². The molecule has 6 rings (SSSR count). The van der Waals surface area contributed by atoms with Crippen LogP contribution in [0.5, 0.6) is 5.75 Å². The van der Waals surface area contributed by atoms with Crippen LogP contribution >= 0.6 is 11.8 Å². The Kier molecular flexibility index (Phi) is 6.81. The van der Waals surface area contributed by atoms with Crippen molar-refractivity contribution in [2.45, 2.75) is 64.8 Å². The number of aromatic nitrogens is 1. The maximum atomic E-state index is 13.3. The number of carbonyl (C=O) groups is 2. The number of nitrogens with zero attached hydrogens (tertiary/aromatic N) is 1. The smallest absolute Gasteiger partial charge is 0.258 e. The fraction of sp³-hybridized carbons (Fsp3) is 0.394. The summed E-state index contributed by atoms with van der Waals surface area (Å²) in [5.41, 5.74) is 8.79. The van der Waals surface area contributed by atoms with Crippen molar-refractivity contribution in [3.8, 4) is 17.0 Å². The lowest BCUT2D eigenvalue weighted by molar-refractivity contribution is -0.124. The summed E-state index contributed by atoms with van der Waals surface area (Å²) >= 11 is 1.76. The van der Waals surface area contributed by atoms with E-state index in [4.69, 9.17) is 4.74 Å². The standard InChI is InChI=1S/C33H37N3O3S/c1-6-20-18-40-32-29(19(2)36(32)31(20)27(37)16-33(3,4)5)35-28(38)17-39-22-12-14-23-21(15-22)11-13-25-24-9-7-8-10-26(24)34-30(23)25/h7-10,12,14-15,29,32,34H,2,6,11,13,16-18H2,1,3-5H3,(H,35,38). The van der Waals surface area contributed by atoms with Gasteiger partial charge in [-0.05, 0) is 65.6 Å². The molecule has 1 amide bonds. The number of ether oxygens (including phenoxy) is 1. The fourth-order valence-corrected chi connectivity index (χ4v) is 7.68. The summed E-state index contributed by atoms with van der Waals surface area (Å²) in [7, 11) is 0. The summed E-state index contributed by atoms with van der Waals surface area (Å²) in [4.78, 5) is 31.8. The van der Waals surface area contributed by atoms with Gasteiger partial charge in [0.2, 0.25) is 0 Å². The highest BCUT2D eigenvalue weighted by Crippen LogP contribution is 2.46. The van der Waals surface area contributed by atoms with E-state index in [0.29, 0.717) is 12.2 Å². The van der Waals surface area contributed by atoms with Crippen molar-refractivity contribution in [3.63, 3.8) is 0 Å². The summed E-state index contributed by atoms with van der Waals surface area (Å²) in [5, 5.41) is 4.38. The van der Waals surface area contributed by atoms with Crippen molar-refractivity contribution in [1.29, 1.82) is 0 Å². The van der Waals surface area contributed by atoms with Gasteiger partial charge in [-0.25, -0.2) is 0 Å². The molecule has 2 aliphatic heterocycles. The zero-order valence-corrected chi connectivity index (χ0v) is 24.5. The number of rotatable bonds is 7. The quantitative estimate of drug-likeness (QED) is 0.354. The number of hydrogen-bond donors (Lipinski definition) is 2. The van der Waals surface area contributed by atoms with E-state index in [1.807, 2.05) is 6.07 Å². The summed E-state index contributed by atoms with van der Waals surface area (Å²) in [6, 6.07) is 14.3. The van der Waals surface area contributed by atoms with Gasteiger partial charge >= 0.3 is 0 Å². The minimum Gasteiger partial charge on any atom is -0.484 e. The lowest BCUT2D eigenvalue weighted by Gasteiger charge is -2.54. The monoisotopic (exact) mass is 555 g/mol. The first-order valence-corrected chi connectivity index (χ1v) is 15.2. The molecule has 2 atom stereocenters. The lowest BCUT2D eigenvalue weighted by Crippen LogP contribution is -2.64. The van der Waals surface area contributed by atoms with Crippen LogP contribution in [0.25, 0.3) is 22.2 Å². The highest BCUT2D eigenvalue weighted by molar-refractivity contribution is 8.00. The second-order valence-electron chi connectivity index (χ2n) is 12.2. The molecule has 3 aliphatic rings. The normalized spacial score (nSPS) is 20.0. The van der Waals surface area contributed by atoms with Crippen molar-refractivity contribution in [2.24, 2.45) is 5.41 Å². The SMILES string of the molecule is C=C1C(NC(=O)COc2ccc3c(c2)CCc2c-3[nH]c3ccccc23)C2SCC(CC)=C(C(=O)CC(C)(C)C)N12. The Balaban J connectivity index is 1.10. The number of nitrogens with one attached hydrogen (secondary N) is 2. The van der Waals surface area contributed by atoms with Crippen molar-refractivity contribution < 1.29 is 14.3 Å². The maximum Gasteiger partial charge on any atom is 0.258 e. The minimum absolute atomic E-state index is 0.0140. The van der Waals surface area contributed by atoms with E-state index in [1.54, 1.807) is 11.8 Å². The Labute approximate surface area is 240 Å². The number of carbonyl (C=O) groups excluding carboxylic acids is 2. The number of H-pyrrole nitrogens is 1. The number of aryl methyl sites for hydroxylation is 2. The molecule has 208 valence electrons. The van der Waals surface area contributed by atoms with E-state index in [1.165, 1.54) is 27.8 Å². The van der Waals surface area contributed by atoms with Crippen LogP contribution in [0.2, 0.25) is 0 Å². The highest BCUT2D eigenvalue weighted by atomic mass is 32.2. The number of thioether (sulfide) groups is 1. The van der Waals surface area contributed by atoms with Gasteiger partial charge in [0.1, 0.15) is 11.1 Å². The van der Waals surface area contributed by atoms with Gasteiger partial charge in [-0.3, -0.25) is 9.59 Å². The fourth-order valence-electron chi connectivity index (χ4n) is 6.16. The van der Waals surface area contributed by atoms with Gasteiger partial charge in [0.05, 0.1) is 11.7 Å². The molecule has 40 heavy (non-hydrogen) atoms. The second-order valence-corrected chi connectivity index (χ2v) is 13.3. The molecule has 7 heteroatoms. The zero-order chi connectivity index (χ0) is 28.2. The van der Waals surface area contributed by atoms with Gasteiger partial charge in [0.25, 0.3) is 5.91 Å². The van der Waals surface area contributed by atoms with Gasteiger partial charge < -0.3 is 19.9 Å². The van der Waals surface area contributed by atoms with Gasteiger partial charge in [-0.1, -0.05) is 52.5 Å². The zero-order valence-electron chi connectivity index (χ0n) is 23.7. The molecule has 0 saturated carbocycles. The molecule has 2 N–H and O–H groups in total. The molecule has 0 spiro atoms. The third-order valence-corrected chi connectivity index (χ3v) is 9.42. The molecule has 3 aromatic rings. The van der Waals surface area contributed by atoms with Crippen molar-refractivity contribution >= 4 is 34.4 Å². The van der Waals surface area contributed by atoms with Crippen LogP contribution in [0.4, 0.5) is 0 Å². The first-order valence-electron chi connectivity index (χ1n) is 14.1. The van der Waals surface area contributed by atoms with Crippen molar-refractivity contribution in [3.05, 3.63) is 77.1 Å². The molecule has 1 fully saturated rings. The third-order valence-electron chi connectivity index (χ3n) is 8.08. The number of benzene rings is 2. The molecule has 6 nitrogen and oxygen atoms in total. The summed E-state index contributed by atoms with van der Waals surface area (Å²) in [6.45, 7) is 12.5. The Morgan fingerprint density at radius 3 is 2.75 bits per heavy atom. The van der Waals surface area contributed by atoms with E-state index in [2.05, 4.69) is 85.9 Å². The van der Waals surface area contributed by atoms with E-state index in [-0.39, 0.29) is 35.1 Å². The Bertz CT molecular complexity index is 1560. The average Bonchev–Trinajstić information content (AvgIpc) is 3.32. The molecular weight excluding hydrogens is 518 g/mol. The predicted octanol–water partition coefficient (Wildman–Crippen LogP) is 6.37. The number of fused-ring (bicyclic) bond motifs is 6. The molecular formula is C33H37N3O3S. The van der Waals surface area contributed by atoms with Crippen LogP contribution in [0, 0.1) is 5.41 Å². The van der Waals surface area contributed by atoms with Crippen LogP contribution in [0.15, 0.2) is 66.0 Å². The van der Waals surface area contributed by atoms with Crippen LogP contribution < -0.4 is 10.1 Å². The Morgan fingerprint density at radius 1 is 1.18 bits per heavy atom. The number of amides is 1. The molecule has 0 bridgehead atoms. The van der Waals surface area contributed by atoms with Crippen molar-refractivity contribution in [1.82, 2.24) is 15.2 Å². The summed E-state index contributed by atoms with van der Waals surface area (Å²) < 4.78 is 5.93. The average molecular weight is 556 g/mol. The molecule has 2 aromatic carbocycles. The lowest BCUT2D eigenvalue weighted by atomic mass is 9.86. The third kappa shape index (κ3) is 4.74. The minimum atomic E-state index is -0.207. The number of ketones is 1. The first-order chi connectivity index (χ1) is 19.1. The Hall–Kier alpha value is -3.45. The molecule has 2 unspecified atom stereocenters. The van der Waals surface area contributed by atoms with Crippen molar-refractivity contribution in [2.75, 3.05) is 12.4 Å². The largest absolute Gasteiger partial charge is 0.484 e. The van der Waals surface area contributed by atoms with Gasteiger partial charge in [-0.2, -0.15) is 0 Å². The number of aromatic amines is 1. The van der Waals surface area contributed by atoms with Crippen LogP contribution in [0.1, 0.15) is 51.7 Å². The molecule has 1 aromatic heterocycles. The van der Waals surface area contributed by atoms with Crippen LogP contribution in [-0.2, 0) is 22.4 Å². The van der Waals surface area contributed by atoms with E-state index < -0.39 is 0 Å². The van der Waals surface area contributed by atoms with Gasteiger partial charge in [-0.15, -0.1) is 11.8 Å². The predicted molar refractivity (Wildman–Crippen MR) is 162 cm³/mol. The second kappa shape index (κ2) is 10.2. The summed E-state index contributed by atoms with van der Waals surface area (Å²) in [6.07, 6.45) is 3.24. The van der Waals surface area contributed by atoms with E-state index in [0.717, 1.165) is 47.5 Å². The van der Waals surface area contributed by atoms with Gasteiger partial charge in [0, 0.05) is 40.0 Å². The highest BCUT2D eigenvalue weighted by Gasteiger charge is 2.49. The molecule has 1 saturated heterocycles. The molecule has 1 aliphatic carbocycles. The number of para-hydroxylation sites is 1. The number of hydrogen-bond acceptors (Lipinski definition) is 5. The topological polar surface area (TPSA) is 74.4 Å². The maximum absolute atomic E-state index is 13.3. The van der Waals surface area contributed by atoms with Gasteiger partial charge in [0.15, 0.2) is 12.4 Å². The van der Waals surface area contributed by atoms with Crippen LogP contribution in [-0.4, -0.2) is 45.3 Å². The van der Waals surface area contributed by atoms with Crippen LogP contribution in [0.3, 0.4) is 0 Å². The first kappa shape index (κ1) is 26.8.